The topological polar surface area (TPSA) is 106 Å². The van der Waals surface area contributed by atoms with E-state index >= 15 is 0 Å². The molecule has 2 amide bonds. The van der Waals surface area contributed by atoms with Crippen molar-refractivity contribution in [1.82, 2.24) is 5.32 Å². The van der Waals surface area contributed by atoms with Crippen molar-refractivity contribution in [1.29, 1.82) is 0 Å². The predicted molar refractivity (Wildman–Crippen MR) is 105 cm³/mol. The van der Waals surface area contributed by atoms with Crippen LogP contribution in [0.15, 0.2) is 51.7 Å². The summed E-state index contributed by atoms with van der Waals surface area (Å²) < 4.78 is 5.79. The summed E-state index contributed by atoms with van der Waals surface area (Å²) in [7, 11) is 0. The van der Waals surface area contributed by atoms with E-state index in [2.05, 4.69) is 5.32 Å². The molecule has 1 heterocycles. The molecule has 3 rings (SSSR count). The van der Waals surface area contributed by atoms with Crippen molar-refractivity contribution < 1.29 is 14.0 Å². The van der Waals surface area contributed by atoms with Crippen molar-refractivity contribution >= 4 is 39.9 Å². The van der Waals surface area contributed by atoms with E-state index in [1.807, 2.05) is 6.07 Å². The quantitative estimate of drug-likeness (QED) is 0.341. The fraction of sp³-hybridized carbons (Fsp3) is 0.250. The van der Waals surface area contributed by atoms with Gasteiger partial charge in [0.25, 0.3) is 0 Å². The number of rotatable bonds is 9. The molecule has 3 N–H and O–H groups in total. The third-order valence-electron chi connectivity index (χ3n) is 4.32. The SMILES string of the molecule is NC(=O)CCNCCCN(C=O)c1ccc2oc3ccccc3c(=O)c2c1. The number of hydrogen-bond donors (Lipinski definition) is 2. The Hall–Kier alpha value is -3.19. The summed E-state index contributed by atoms with van der Waals surface area (Å²) in [6.45, 7) is 1.65. The lowest BCUT2D eigenvalue weighted by Gasteiger charge is -2.18. The highest BCUT2D eigenvalue weighted by Crippen LogP contribution is 2.23. The van der Waals surface area contributed by atoms with E-state index in [0.29, 0.717) is 53.7 Å². The van der Waals surface area contributed by atoms with Gasteiger partial charge in [0.05, 0.1) is 10.8 Å². The van der Waals surface area contributed by atoms with E-state index in [4.69, 9.17) is 10.2 Å². The normalized spacial score (nSPS) is 11.0. The summed E-state index contributed by atoms with van der Waals surface area (Å²) in [5.41, 5.74) is 6.62. The van der Waals surface area contributed by atoms with Crippen molar-refractivity contribution in [2.75, 3.05) is 24.5 Å². The van der Waals surface area contributed by atoms with Crippen LogP contribution in [0.5, 0.6) is 0 Å². The number of carbonyl (C=O) groups is 2. The van der Waals surface area contributed by atoms with Gasteiger partial charge in [-0.05, 0) is 43.3 Å². The molecule has 0 bridgehead atoms. The molecule has 7 nitrogen and oxygen atoms in total. The Morgan fingerprint density at radius 3 is 2.67 bits per heavy atom. The summed E-state index contributed by atoms with van der Waals surface area (Å²) in [4.78, 5) is 36.4. The minimum atomic E-state index is -0.348. The predicted octanol–water partition coefficient (Wildman–Crippen LogP) is 1.76. The van der Waals surface area contributed by atoms with Crippen LogP contribution < -0.4 is 21.4 Å². The maximum atomic E-state index is 12.7. The Labute approximate surface area is 155 Å². The number of primary amides is 1. The molecule has 0 aliphatic rings. The van der Waals surface area contributed by atoms with Crippen LogP contribution in [0.4, 0.5) is 5.69 Å². The summed E-state index contributed by atoms with van der Waals surface area (Å²) >= 11 is 0. The van der Waals surface area contributed by atoms with Crippen molar-refractivity contribution in [3.05, 3.63) is 52.7 Å². The summed E-state index contributed by atoms with van der Waals surface area (Å²) in [6.07, 6.45) is 1.72. The number of anilines is 1. The van der Waals surface area contributed by atoms with E-state index < -0.39 is 0 Å². The van der Waals surface area contributed by atoms with Gasteiger partial charge in [-0.25, -0.2) is 0 Å². The molecule has 0 saturated carbocycles. The Morgan fingerprint density at radius 1 is 1.11 bits per heavy atom. The second kappa shape index (κ2) is 8.46. The second-order valence-electron chi connectivity index (χ2n) is 6.23. The first-order valence-corrected chi connectivity index (χ1v) is 8.76. The van der Waals surface area contributed by atoms with Gasteiger partial charge in [-0.1, -0.05) is 12.1 Å². The van der Waals surface area contributed by atoms with E-state index in [0.717, 1.165) is 6.41 Å². The Balaban J connectivity index is 1.75. The standard InChI is InChI=1S/C20H21N3O4/c21-19(25)8-10-22-9-3-11-23(13-24)14-6-7-18-16(12-14)20(26)15-4-1-2-5-17(15)27-18/h1-2,4-7,12-13,22H,3,8-11H2,(H2,21,25). The van der Waals surface area contributed by atoms with Crippen LogP contribution in [-0.4, -0.2) is 32.0 Å². The number of fused-ring (bicyclic) bond motifs is 2. The molecule has 0 spiro atoms. The molecule has 2 aromatic carbocycles. The first-order chi connectivity index (χ1) is 13.1. The monoisotopic (exact) mass is 367 g/mol. The number of amides is 2. The highest BCUT2D eigenvalue weighted by atomic mass is 16.3. The number of carbonyl (C=O) groups excluding carboxylic acids is 2. The summed E-state index contributed by atoms with van der Waals surface area (Å²) in [5.74, 6) is -0.348. The van der Waals surface area contributed by atoms with Crippen LogP contribution in [0.25, 0.3) is 21.9 Å². The maximum absolute atomic E-state index is 12.7. The van der Waals surface area contributed by atoms with Crippen molar-refractivity contribution in [2.45, 2.75) is 12.8 Å². The number of nitrogens with one attached hydrogen (secondary N) is 1. The van der Waals surface area contributed by atoms with Gasteiger partial charge in [-0.15, -0.1) is 0 Å². The Kier molecular flexibility index (Phi) is 5.83. The van der Waals surface area contributed by atoms with Crippen LogP contribution >= 0.6 is 0 Å². The zero-order chi connectivity index (χ0) is 19.2. The molecular weight excluding hydrogens is 346 g/mol. The van der Waals surface area contributed by atoms with Gasteiger partial charge in [-0.2, -0.15) is 0 Å². The molecule has 3 aromatic rings. The third kappa shape index (κ3) is 4.32. The fourth-order valence-corrected chi connectivity index (χ4v) is 2.92. The van der Waals surface area contributed by atoms with Crippen LogP contribution in [0, 0.1) is 0 Å². The molecule has 0 aliphatic heterocycles. The van der Waals surface area contributed by atoms with Gasteiger partial charge in [0.2, 0.25) is 17.7 Å². The van der Waals surface area contributed by atoms with E-state index in [1.54, 1.807) is 41.3 Å². The molecule has 0 atom stereocenters. The smallest absolute Gasteiger partial charge is 0.218 e. The van der Waals surface area contributed by atoms with Crippen LogP contribution in [0.3, 0.4) is 0 Å². The van der Waals surface area contributed by atoms with Crippen LogP contribution in [0.2, 0.25) is 0 Å². The van der Waals surface area contributed by atoms with Gasteiger partial charge in [0.15, 0.2) is 0 Å². The number of para-hydroxylation sites is 1. The molecule has 0 saturated heterocycles. The molecule has 0 unspecified atom stereocenters. The zero-order valence-electron chi connectivity index (χ0n) is 14.8. The molecule has 0 aliphatic carbocycles. The maximum Gasteiger partial charge on any atom is 0.218 e. The average Bonchev–Trinajstić information content (AvgIpc) is 2.67. The molecular formula is C20H21N3O4. The van der Waals surface area contributed by atoms with Crippen molar-refractivity contribution in [3.63, 3.8) is 0 Å². The highest BCUT2D eigenvalue weighted by molar-refractivity contribution is 5.92. The van der Waals surface area contributed by atoms with Crippen LogP contribution in [0.1, 0.15) is 12.8 Å². The Morgan fingerprint density at radius 2 is 1.89 bits per heavy atom. The van der Waals surface area contributed by atoms with Gasteiger partial charge < -0.3 is 20.4 Å². The fourth-order valence-electron chi connectivity index (χ4n) is 2.92. The van der Waals surface area contributed by atoms with E-state index in [-0.39, 0.29) is 17.8 Å². The third-order valence-corrected chi connectivity index (χ3v) is 4.32. The zero-order valence-corrected chi connectivity index (χ0v) is 14.8. The van der Waals surface area contributed by atoms with E-state index in [1.165, 1.54) is 0 Å². The molecule has 1 aromatic heterocycles. The lowest BCUT2D eigenvalue weighted by molar-refractivity contribution is -0.117. The first-order valence-electron chi connectivity index (χ1n) is 8.76. The van der Waals surface area contributed by atoms with Gasteiger partial charge >= 0.3 is 0 Å². The minimum Gasteiger partial charge on any atom is -0.456 e. The largest absolute Gasteiger partial charge is 0.456 e. The van der Waals surface area contributed by atoms with Crippen LogP contribution in [-0.2, 0) is 9.59 Å². The lowest BCUT2D eigenvalue weighted by Crippen LogP contribution is -2.28. The van der Waals surface area contributed by atoms with Gasteiger partial charge in [0.1, 0.15) is 11.2 Å². The summed E-state index contributed by atoms with van der Waals surface area (Å²) in [5, 5.41) is 4.05. The Bertz CT molecular complexity index is 1030. The van der Waals surface area contributed by atoms with Crippen molar-refractivity contribution in [3.8, 4) is 0 Å². The first kappa shape index (κ1) is 18.6. The molecule has 140 valence electrons. The van der Waals surface area contributed by atoms with Crippen molar-refractivity contribution in [2.24, 2.45) is 5.73 Å². The second-order valence-corrected chi connectivity index (χ2v) is 6.23. The number of benzene rings is 2. The van der Waals surface area contributed by atoms with Gasteiger partial charge in [-0.3, -0.25) is 14.4 Å². The lowest BCUT2D eigenvalue weighted by atomic mass is 10.1. The molecule has 27 heavy (non-hydrogen) atoms. The summed E-state index contributed by atoms with van der Waals surface area (Å²) in [6, 6.07) is 12.2. The highest BCUT2D eigenvalue weighted by Gasteiger charge is 2.11. The molecule has 7 heteroatoms. The van der Waals surface area contributed by atoms with E-state index in [9.17, 15) is 14.4 Å². The number of nitrogens with two attached hydrogens (primary N) is 1. The molecule has 0 radical (unpaired) electrons. The molecule has 0 fully saturated rings. The minimum absolute atomic E-state index is 0.118. The number of nitrogens with zero attached hydrogens (tertiary/aromatic N) is 1. The number of hydrogen-bond acceptors (Lipinski definition) is 5. The average molecular weight is 367 g/mol. The van der Waals surface area contributed by atoms with Gasteiger partial charge in [0, 0.05) is 25.2 Å².